The zero-order chi connectivity index (χ0) is 27.1. The second-order valence-corrected chi connectivity index (χ2v) is 11.9. The second kappa shape index (κ2) is 10.2. The molecule has 1 amide bonds. The molecule has 2 aliphatic heterocycles. The average Bonchev–Trinajstić information content (AvgIpc) is 3.51. The van der Waals surface area contributed by atoms with E-state index in [9.17, 15) is 4.79 Å². The van der Waals surface area contributed by atoms with Gasteiger partial charge in [-0.2, -0.15) is 0 Å². The number of carbonyl (C=O) groups is 1. The Morgan fingerprint density at radius 2 is 1.72 bits per heavy atom. The molecule has 6 rings (SSSR count). The molecule has 3 aromatic rings. The first-order valence-corrected chi connectivity index (χ1v) is 14.1. The SMILES string of the molecule is CC1CCc2ncnc(N3CCN(C(=O)[C@@H](c4ccc(-c5cnc(N)nc5)cc4)[C@@H]4CCC(C)(C)N4)CC3)c21. The highest BCUT2D eigenvalue weighted by Crippen LogP contribution is 2.38. The highest BCUT2D eigenvalue weighted by atomic mass is 16.2. The summed E-state index contributed by atoms with van der Waals surface area (Å²) in [5.74, 6) is 1.78. The largest absolute Gasteiger partial charge is 0.368 e. The van der Waals surface area contributed by atoms with Gasteiger partial charge in [0.2, 0.25) is 11.9 Å². The van der Waals surface area contributed by atoms with Gasteiger partial charge >= 0.3 is 0 Å². The molecule has 2 saturated heterocycles. The predicted molar refractivity (Wildman–Crippen MR) is 152 cm³/mol. The standard InChI is InChI=1S/C30H38N8O/c1-19-4-9-23-25(19)27(35-18-34-23)37-12-14-38(15-13-37)28(39)26(24-10-11-30(2,3)36-24)21-7-5-20(6-8-21)22-16-32-29(31)33-17-22/h5-8,16-19,24,26,36H,4,9-15H2,1-3H3,(H2,31,32,33)/t19?,24-,26-/m0/s1. The summed E-state index contributed by atoms with van der Waals surface area (Å²) >= 11 is 0. The van der Waals surface area contributed by atoms with Gasteiger partial charge in [0.1, 0.15) is 12.1 Å². The van der Waals surface area contributed by atoms with Crippen LogP contribution in [0, 0.1) is 0 Å². The van der Waals surface area contributed by atoms with Crippen molar-refractivity contribution in [3.8, 4) is 11.1 Å². The zero-order valence-corrected chi connectivity index (χ0v) is 23.1. The number of nitrogens with two attached hydrogens (primary N) is 1. The number of carbonyl (C=O) groups excluding carboxylic acids is 1. The summed E-state index contributed by atoms with van der Waals surface area (Å²) < 4.78 is 0. The number of nitrogens with one attached hydrogen (secondary N) is 1. The van der Waals surface area contributed by atoms with Crippen molar-refractivity contribution in [1.29, 1.82) is 0 Å². The second-order valence-electron chi connectivity index (χ2n) is 11.9. The fraction of sp³-hybridized carbons (Fsp3) is 0.500. The molecule has 9 heteroatoms. The van der Waals surface area contributed by atoms with E-state index < -0.39 is 0 Å². The van der Waals surface area contributed by atoms with E-state index in [1.165, 1.54) is 11.3 Å². The minimum Gasteiger partial charge on any atom is -0.368 e. The first kappa shape index (κ1) is 25.7. The van der Waals surface area contributed by atoms with Gasteiger partial charge in [0.15, 0.2) is 0 Å². The van der Waals surface area contributed by atoms with Gasteiger partial charge in [0, 0.05) is 67.0 Å². The van der Waals surface area contributed by atoms with Gasteiger partial charge in [-0.05, 0) is 56.6 Å². The van der Waals surface area contributed by atoms with Crippen LogP contribution in [0.1, 0.15) is 68.7 Å². The minimum atomic E-state index is -0.238. The molecule has 0 bridgehead atoms. The first-order chi connectivity index (χ1) is 18.8. The highest BCUT2D eigenvalue weighted by molar-refractivity contribution is 5.85. The molecule has 9 nitrogen and oxygen atoms in total. The lowest BCUT2D eigenvalue weighted by Crippen LogP contribution is -2.53. The molecular weight excluding hydrogens is 488 g/mol. The number of rotatable bonds is 5. The molecule has 2 fully saturated rings. The third kappa shape index (κ3) is 5.07. The molecular formula is C30H38N8O. The summed E-state index contributed by atoms with van der Waals surface area (Å²) in [5, 5.41) is 3.76. The van der Waals surface area contributed by atoms with Crippen molar-refractivity contribution in [2.75, 3.05) is 36.8 Å². The smallest absolute Gasteiger partial charge is 0.231 e. The third-order valence-corrected chi connectivity index (χ3v) is 8.74. The Labute approximate surface area is 230 Å². The summed E-state index contributed by atoms with van der Waals surface area (Å²) in [6.45, 7) is 9.67. The number of nitrogens with zero attached hydrogens (tertiary/aromatic N) is 6. The molecule has 1 aliphatic carbocycles. The maximum absolute atomic E-state index is 14.2. The van der Waals surface area contributed by atoms with E-state index >= 15 is 0 Å². The Morgan fingerprint density at radius 1 is 1.00 bits per heavy atom. The normalized spacial score (nSPS) is 23.1. The summed E-state index contributed by atoms with van der Waals surface area (Å²) in [4.78, 5) is 36.0. The summed E-state index contributed by atoms with van der Waals surface area (Å²) in [6, 6.07) is 8.38. The van der Waals surface area contributed by atoms with Crippen LogP contribution in [-0.4, -0.2) is 68.5 Å². The Bertz CT molecular complexity index is 1330. The van der Waals surface area contributed by atoms with Gasteiger partial charge in [-0.3, -0.25) is 4.79 Å². The van der Waals surface area contributed by atoms with E-state index in [2.05, 4.69) is 80.1 Å². The number of aryl methyl sites for hydroxylation is 1. The van der Waals surface area contributed by atoms with Gasteiger partial charge < -0.3 is 20.9 Å². The van der Waals surface area contributed by atoms with E-state index in [0.29, 0.717) is 19.0 Å². The number of amides is 1. The number of benzene rings is 1. The molecule has 3 atom stereocenters. The van der Waals surface area contributed by atoms with Gasteiger partial charge in [0.05, 0.1) is 5.92 Å². The topological polar surface area (TPSA) is 113 Å². The molecule has 1 unspecified atom stereocenters. The van der Waals surface area contributed by atoms with Crippen molar-refractivity contribution in [3.05, 3.63) is 59.8 Å². The highest BCUT2D eigenvalue weighted by Gasteiger charge is 2.41. The summed E-state index contributed by atoms with van der Waals surface area (Å²) in [7, 11) is 0. The van der Waals surface area contributed by atoms with Crippen LogP contribution in [0.25, 0.3) is 11.1 Å². The molecule has 0 saturated carbocycles. The summed E-state index contributed by atoms with van der Waals surface area (Å²) in [6.07, 6.45) is 9.35. The van der Waals surface area contributed by atoms with Gasteiger partial charge in [-0.15, -0.1) is 0 Å². The van der Waals surface area contributed by atoms with Crippen molar-refractivity contribution in [3.63, 3.8) is 0 Å². The van der Waals surface area contributed by atoms with Crippen molar-refractivity contribution >= 4 is 17.7 Å². The number of fused-ring (bicyclic) bond motifs is 1. The predicted octanol–water partition coefficient (Wildman–Crippen LogP) is 3.53. The number of hydrogen-bond acceptors (Lipinski definition) is 8. The van der Waals surface area contributed by atoms with Gasteiger partial charge in [-0.25, -0.2) is 19.9 Å². The van der Waals surface area contributed by atoms with Crippen molar-refractivity contribution in [1.82, 2.24) is 30.2 Å². The zero-order valence-electron chi connectivity index (χ0n) is 23.1. The molecule has 204 valence electrons. The van der Waals surface area contributed by atoms with Crippen LogP contribution in [-0.2, 0) is 11.2 Å². The first-order valence-electron chi connectivity index (χ1n) is 14.1. The summed E-state index contributed by atoms with van der Waals surface area (Å²) in [5.41, 5.74) is 11.1. The van der Waals surface area contributed by atoms with E-state index in [4.69, 9.17) is 5.73 Å². The number of piperazine rings is 1. The fourth-order valence-corrected chi connectivity index (χ4v) is 6.54. The fourth-order valence-electron chi connectivity index (χ4n) is 6.54. The van der Waals surface area contributed by atoms with E-state index in [0.717, 1.165) is 61.3 Å². The molecule has 0 spiro atoms. The van der Waals surface area contributed by atoms with Crippen LogP contribution in [0.2, 0.25) is 0 Å². The Balaban J connectivity index is 1.21. The van der Waals surface area contributed by atoms with Crippen molar-refractivity contribution in [2.45, 2.75) is 69.9 Å². The monoisotopic (exact) mass is 526 g/mol. The molecule has 1 aromatic carbocycles. The van der Waals surface area contributed by atoms with Gasteiger partial charge in [0.25, 0.3) is 0 Å². The molecule has 2 aromatic heterocycles. The number of hydrogen-bond donors (Lipinski definition) is 2. The molecule has 3 aliphatic rings. The van der Waals surface area contributed by atoms with Crippen LogP contribution >= 0.6 is 0 Å². The Hall–Kier alpha value is -3.59. The van der Waals surface area contributed by atoms with Crippen LogP contribution in [0.3, 0.4) is 0 Å². The lowest BCUT2D eigenvalue weighted by Gasteiger charge is -2.39. The van der Waals surface area contributed by atoms with Crippen LogP contribution in [0.4, 0.5) is 11.8 Å². The molecule has 0 radical (unpaired) electrons. The average molecular weight is 527 g/mol. The lowest BCUT2D eigenvalue weighted by atomic mass is 9.88. The third-order valence-electron chi connectivity index (χ3n) is 8.74. The lowest BCUT2D eigenvalue weighted by molar-refractivity contribution is -0.133. The number of aromatic nitrogens is 4. The quantitative estimate of drug-likeness (QED) is 0.519. The van der Waals surface area contributed by atoms with Crippen LogP contribution < -0.4 is 16.0 Å². The van der Waals surface area contributed by atoms with Crippen LogP contribution in [0.5, 0.6) is 0 Å². The van der Waals surface area contributed by atoms with E-state index in [-0.39, 0.29) is 29.4 Å². The number of nitrogen functional groups attached to an aromatic ring is 1. The van der Waals surface area contributed by atoms with Crippen molar-refractivity contribution in [2.24, 2.45) is 0 Å². The maximum Gasteiger partial charge on any atom is 0.231 e. The van der Waals surface area contributed by atoms with Crippen molar-refractivity contribution < 1.29 is 4.79 Å². The molecule has 39 heavy (non-hydrogen) atoms. The number of anilines is 2. The minimum absolute atomic E-state index is 0.0211. The Morgan fingerprint density at radius 3 is 2.38 bits per heavy atom. The Kier molecular flexibility index (Phi) is 6.71. The van der Waals surface area contributed by atoms with E-state index in [1.54, 1.807) is 18.7 Å². The van der Waals surface area contributed by atoms with Crippen LogP contribution in [0.15, 0.2) is 43.0 Å². The van der Waals surface area contributed by atoms with E-state index in [1.807, 2.05) is 0 Å². The van der Waals surface area contributed by atoms with Gasteiger partial charge in [-0.1, -0.05) is 31.2 Å². The molecule has 4 heterocycles. The maximum atomic E-state index is 14.2. The molecule has 3 N–H and O–H groups in total.